The molecule has 1 aliphatic carbocycles. The lowest BCUT2D eigenvalue weighted by molar-refractivity contribution is 0.214. The Morgan fingerprint density at radius 2 is 2.00 bits per heavy atom. The van der Waals surface area contributed by atoms with E-state index in [9.17, 15) is 0 Å². The quantitative estimate of drug-likeness (QED) is 0.886. The fourth-order valence-electron chi connectivity index (χ4n) is 4.23. The molecule has 2 fully saturated rings. The van der Waals surface area contributed by atoms with Gasteiger partial charge in [-0.2, -0.15) is 0 Å². The summed E-state index contributed by atoms with van der Waals surface area (Å²) in [6.07, 6.45) is 9.44. The summed E-state index contributed by atoms with van der Waals surface area (Å²) in [6, 6.07) is 0.661. The normalized spacial score (nSPS) is 39.6. The topological polar surface area (TPSA) is 29.9 Å². The van der Waals surface area contributed by atoms with E-state index in [4.69, 9.17) is 0 Å². The van der Waals surface area contributed by atoms with Gasteiger partial charge in [0.05, 0.1) is 6.33 Å². The van der Waals surface area contributed by atoms with Gasteiger partial charge in [-0.15, -0.1) is 0 Å². The van der Waals surface area contributed by atoms with E-state index in [1.165, 1.54) is 31.4 Å². The summed E-state index contributed by atoms with van der Waals surface area (Å²) >= 11 is 0. The average molecular weight is 261 g/mol. The molecule has 19 heavy (non-hydrogen) atoms. The molecule has 2 heterocycles. The van der Waals surface area contributed by atoms with E-state index >= 15 is 0 Å². The maximum absolute atomic E-state index is 4.47. The van der Waals surface area contributed by atoms with Crippen LogP contribution in [-0.4, -0.2) is 22.6 Å². The molecule has 3 atom stereocenters. The Bertz CT molecular complexity index is 421. The molecule has 1 saturated heterocycles. The number of nitrogens with one attached hydrogen (secondary N) is 1. The number of hydrogen-bond donors (Lipinski definition) is 1. The minimum absolute atomic E-state index is 0.278. The lowest BCUT2D eigenvalue weighted by atomic mass is 9.79. The Morgan fingerprint density at radius 1 is 1.26 bits per heavy atom. The first-order valence-corrected chi connectivity index (χ1v) is 7.81. The van der Waals surface area contributed by atoms with Gasteiger partial charge in [-0.1, -0.05) is 20.8 Å². The molecule has 0 radical (unpaired) electrons. The molecule has 0 bridgehead atoms. The first-order valence-electron chi connectivity index (χ1n) is 7.81. The van der Waals surface area contributed by atoms with Gasteiger partial charge in [0.25, 0.3) is 0 Å². The van der Waals surface area contributed by atoms with E-state index in [1.54, 1.807) is 0 Å². The van der Waals surface area contributed by atoms with Crippen molar-refractivity contribution in [3.63, 3.8) is 0 Å². The molecular formula is C16H27N3. The van der Waals surface area contributed by atoms with E-state index in [1.807, 2.05) is 0 Å². The van der Waals surface area contributed by atoms with E-state index in [0.29, 0.717) is 6.04 Å². The highest BCUT2D eigenvalue weighted by atomic mass is 15.1. The van der Waals surface area contributed by atoms with Crippen LogP contribution in [0.25, 0.3) is 0 Å². The number of hydrogen-bond acceptors (Lipinski definition) is 2. The zero-order valence-electron chi connectivity index (χ0n) is 12.5. The molecule has 0 amide bonds. The standard InChI is InChI=1S/C16H27N3/c1-12-6-13(2)8-14(7-12)19-11-18-9-15(19)16(3)4-5-17-10-16/h9,11-14,17H,4-8,10H2,1-3H3. The second-order valence-electron chi connectivity index (χ2n) is 7.24. The minimum atomic E-state index is 0.278. The monoisotopic (exact) mass is 261 g/mol. The van der Waals surface area contributed by atoms with Crippen LogP contribution in [0.2, 0.25) is 0 Å². The lowest BCUT2D eigenvalue weighted by Gasteiger charge is -2.35. The first-order chi connectivity index (χ1) is 9.08. The van der Waals surface area contributed by atoms with Crippen LogP contribution in [0.3, 0.4) is 0 Å². The molecule has 3 rings (SSSR count). The van der Waals surface area contributed by atoms with E-state index in [-0.39, 0.29) is 5.41 Å². The number of imidazole rings is 1. The van der Waals surface area contributed by atoms with E-state index in [2.05, 4.69) is 48.2 Å². The van der Waals surface area contributed by atoms with Crippen molar-refractivity contribution in [2.24, 2.45) is 11.8 Å². The van der Waals surface area contributed by atoms with Gasteiger partial charge in [0.15, 0.2) is 0 Å². The van der Waals surface area contributed by atoms with E-state index in [0.717, 1.165) is 24.9 Å². The molecule has 1 aromatic rings. The number of rotatable bonds is 2. The van der Waals surface area contributed by atoms with Gasteiger partial charge in [-0.3, -0.25) is 0 Å². The molecule has 0 aromatic carbocycles. The smallest absolute Gasteiger partial charge is 0.0950 e. The predicted molar refractivity (Wildman–Crippen MR) is 78.3 cm³/mol. The Hall–Kier alpha value is -0.830. The Kier molecular flexibility index (Phi) is 3.42. The Morgan fingerprint density at radius 3 is 2.63 bits per heavy atom. The molecule has 3 heteroatoms. The highest BCUT2D eigenvalue weighted by Crippen LogP contribution is 2.39. The average Bonchev–Trinajstić information content (AvgIpc) is 2.96. The van der Waals surface area contributed by atoms with E-state index < -0.39 is 0 Å². The van der Waals surface area contributed by atoms with Gasteiger partial charge in [0.1, 0.15) is 0 Å². The summed E-state index contributed by atoms with van der Waals surface area (Å²) < 4.78 is 2.50. The Labute approximate surface area is 116 Å². The van der Waals surface area contributed by atoms with Gasteiger partial charge < -0.3 is 9.88 Å². The molecule has 1 aromatic heterocycles. The third-order valence-electron chi connectivity index (χ3n) is 5.20. The largest absolute Gasteiger partial charge is 0.331 e. The first kappa shape index (κ1) is 13.2. The van der Waals surface area contributed by atoms with Crippen molar-refractivity contribution in [3.8, 4) is 0 Å². The summed E-state index contributed by atoms with van der Waals surface area (Å²) in [5, 5.41) is 3.51. The van der Waals surface area contributed by atoms with Crippen molar-refractivity contribution in [1.82, 2.24) is 14.9 Å². The van der Waals surface area contributed by atoms with Crippen LogP contribution >= 0.6 is 0 Å². The number of aromatic nitrogens is 2. The fraction of sp³-hybridized carbons (Fsp3) is 0.812. The van der Waals surface area contributed by atoms with Crippen LogP contribution < -0.4 is 5.32 Å². The Balaban J connectivity index is 1.87. The summed E-state index contributed by atoms with van der Waals surface area (Å²) in [5.74, 6) is 1.69. The molecule has 2 aliphatic rings. The molecule has 1 aliphatic heterocycles. The fourth-order valence-corrected chi connectivity index (χ4v) is 4.23. The molecular weight excluding hydrogens is 234 g/mol. The minimum Gasteiger partial charge on any atom is -0.331 e. The predicted octanol–water partition coefficient (Wildman–Crippen LogP) is 3.13. The second kappa shape index (κ2) is 4.93. The number of nitrogens with zero attached hydrogens (tertiary/aromatic N) is 2. The van der Waals surface area contributed by atoms with Crippen molar-refractivity contribution in [2.75, 3.05) is 13.1 Å². The van der Waals surface area contributed by atoms with Crippen molar-refractivity contribution >= 4 is 0 Å². The van der Waals surface area contributed by atoms with Gasteiger partial charge in [-0.25, -0.2) is 4.98 Å². The third kappa shape index (κ3) is 2.45. The van der Waals surface area contributed by atoms with Crippen molar-refractivity contribution in [1.29, 1.82) is 0 Å². The second-order valence-corrected chi connectivity index (χ2v) is 7.24. The van der Waals surface area contributed by atoms with Gasteiger partial charge in [0, 0.05) is 29.9 Å². The highest BCUT2D eigenvalue weighted by Gasteiger charge is 2.35. The molecule has 3 unspecified atom stereocenters. The summed E-state index contributed by atoms with van der Waals surface area (Å²) in [6.45, 7) is 9.42. The molecule has 106 valence electrons. The molecule has 1 N–H and O–H groups in total. The zero-order valence-corrected chi connectivity index (χ0v) is 12.5. The third-order valence-corrected chi connectivity index (χ3v) is 5.20. The van der Waals surface area contributed by atoms with Crippen molar-refractivity contribution in [2.45, 2.75) is 57.9 Å². The van der Waals surface area contributed by atoms with Crippen molar-refractivity contribution in [3.05, 3.63) is 18.2 Å². The summed E-state index contributed by atoms with van der Waals surface area (Å²) in [7, 11) is 0. The molecule has 3 nitrogen and oxygen atoms in total. The van der Waals surface area contributed by atoms with Crippen LogP contribution in [0.5, 0.6) is 0 Å². The van der Waals surface area contributed by atoms with Gasteiger partial charge in [-0.05, 0) is 44.1 Å². The van der Waals surface area contributed by atoms with Crippen LogP contribution in [-0.2, 0) is 5.41 Å². The van der Waals surface area contributed by atoms with Crippen molar-refractivity contribution < 1.29 is 0 Å². The van der Waals surface area contributed by atoms with Crippen LogP contribution in [0.1, 0.15) is 58.2 Å². The zero-order chi connectivity index (χ0) is 13.5. The SMILES string of the molecule is CC1CC(C)CC(n2cncc2C2(C)CCNC2)C1. The lowest BCUT2D eigenvalue weighted by Crippen LogP contribution is -2.31. The van der Waals surface area contributed by atoms with Crippen LogP contribution in [0.15, 0.2) is 12.5 Å². The summed E-state index contributed by atoms with van der Waals surface area (Å²) in [4.78, 5) is 4.47. The molecule has 0 spiro atoms. The van der Waals surface area contributed by atoms with Crippen LogP contribution in [0, 0.1) is 11.8 Å². The van der Waals surface area contributed by atoms with Gasteiger partial charge in [0.2, 0.25) is 0 Å². The van der Waals surface area contributed by atoms with Gasteiger partial charge >= 0.3 is 0 Å². The molecule has 1 saturated carbocycles. The summed E-state index contributed by atoms with van der Waals surface area (Å²) in [5.41, 5.74) is 1.73. The maximum Gasteiger partial charge on any atom is 0.0950 e. The highest BCUT2D eigenvalue weighted by molar-refractivity contribution is 5.18. The van der Waals surface area contributed by atoms with Crippen LogP contribution in [0.4, 0.5) is 0 Å². The maximum atomic E-state index is 4.47.